The molecule has 3 nitrogen and oxygen atoms in total. The van der Waals surface area contributed by atoms with E-state index in [1.165, 1.54) is 50.1 Å². The molecule has 3 heteroatoms. The van der Waals surface area contributed by atoms with Crippen LogP contribution in [-0.4, -0.2) is 15.0 Å². The van der Waals surface area contributed by atoms with E-state index in [0.717, 1.165) is 39.8 Å². The van der Waals surface area contributed by atoms with Crippen molar-refractivity contribution in [2.75, 3.05) is 0 Å². The zero-order valence-corrected chi connectivity index (χ0v) is 29.1. The summed E-state index contributed by atoms with van der Waals surface area (Å²) in [6, 6.07) is 58.6. The van der Waals surface area contributed by atoms with E-state index in [1.54, 1.807) is 0 Å². The van der Waals surface area contributed by atoms with E-state index in [1.807, 2.05) is 18.2 Å². The summed E-state index contributed by atoms with van der Waals surface area (Å²) >= 11 is 0. The lowest BCUT2D eigenvalue weighted by Gasteiger charge is -2.21. The fourth-order valence-corrected chi connectivity index (χ4v) is 8.33. The van der Waals surface area contributed by atoms with Gasteiger partial charge in [-0.05, 0) is 97.4 Å². The van der Waals surface area contributed by atoms with Gasteiger partial charge in [0.1, 0.15) is 0 Å². The molecule has 0 aliphatic heterocycles. The van der Waals surface area contributed by atoms with E-state index in [4.69, 9.17) is 15.0 Å². The van der Waals surface area contributed by atoms with E-state index in [9.17, 15) is 0 Å². The molecule has 52 heavy (non-hydrogen) atoms. The van der Waals surface area contributed by atoms with Gasteiger partial charge in [-0.25, -0.2) is 15.0 Å². The molecule has 0 spiro atoms. The number of rotatable bonds is 5. The molecule has 2 aliphatic carbocycles. The fraction of sp³-hybridized carbons (Fsp3) is 0.0816. The van der Waals surface area contributed by atoms with Gasteiger partial charge in [-0.1, -0.05) is 153 Å². The molecule has 2 aliphatic rings. The molecule has 7 aromatic carbocycles. The average molecular weight is 666 g/mol. The highest BCUT2D eigenvalue weighted by atomic mass is 15.0. The predicted octanol–water partition coefficient (Wildman–Crippen LogP) is 12.1. The van der Waals surface area contributed by atoms with Crippen LogP contribution in [0.2, 0.25) is 0 Å². The van der Waals surface area contributed by atoms with E-state index >= 15 is 0 Å². The molecule has 8 aromatic rings. The Bertz CT molecular complexity index is 2670. The summed E-state index contributed by atoms with van der Waals surface area (Å²) in [7, 11) is 0. The molecule has 0 amide bonds. The van der Waals surface area contributed by atoms with Gasteiger partial charge < -0.3 is 0 Å². The molecule has 0 bridgehead atoms. The van der Waals surface area contributed by atoms with Crippen LogP contribution >= 0.6 is 0 Å². The molecule has 0 saturated carbocycles. The maximum Gasteiger partial charge on any atom is 0.164 e. The molecule has 0 fully saturated rings. The van der Waals surface area contributed by atoms with Crippen molar-refractivity contribution < 1.29 is 0 Å². The third-order valence-electron chi connectivity index (χ3n) is 11.0. The van der Waals surface area contributed by atoms with Gasteiger partial charge >= 0.3 is 0 Å². The van der Waals surface area contributed by atoms with E-state index in [0.29, 0.717) is 17.5 Å². The summed E-state index contributed by atoms with van der Waals surface area (Å²) < 4.78 is 0. The highest BCUT2D eigenvalue weighted by Gasteiger charge is 2.35. The van der Waals surface area contributed by atoms with Crippen LogP contribution in [0.1, 0.15) is 36.1 Å². The minimum Gasteiger partial charge on any atom is -0.208 e. The van der Waals surface area contributed by atoms with Gasteiger partial charge in [-0.2, -0.15) is 0 Å². The van der Waals surface area contributed by atoms with Crippen molar-refractivity contribution in [3.05, 3.63) is 186 Å². The van der Waals surface area contributed by atoms with Crippen molar-refractivity contribution >= 4 is 0 Å². The molecular weight excluding hydrogens is 631 g/mol. The molecule has 0 unspecified atom stereocenters. The number of hydrogen-bond donors (Lipinski definition) is 0. The Morgan fingerprint density at radius 3 is 1.71 bits per heavy atom. The lowest BCUT2D eigenvalue weighted by Crippen LogP contribution is -2.15. The van der Waals surface area contributed by atoms with Gasteiger partial charge in [0.25, 0.3) is 0 Å². The van der Waals surface area contributed by atoms with Crippen molar-refractivity contribution in [2.45, 2.75) is 25.7 Å². The summed E-state index contributed by atoms with van der Waals surface area (Å²) in [5.74, 6) is 1.98. The number of fused-ring (bicyclic) bond motifs is 6. The minimum atomic E-state index is -0.130. The minimum absolute atomic E-state index is 0.130. The first-order valence-corrected chi connectivity index (χ1v) is 18.0. The van der Waals surface area contributed by atoms with Crippen LogP contribution < -0.4 is 0 Å². The molecule has 1 heterocycles. The number of benzene rings is 7. The maximum absolute atomic E-state index is 5.27. The predicted molar refractivity (Wildman–Crippen MR) is 213 cm³/mol. The highest BCUT2D eigenvalue weighted by Crippen LogP contribution is 2.49. The maximum atomic E-state index is 5.27. The second kappa shape index (κ2) is 11.8. The SMILES string of the molecule is CC1(C)c2ccccc2-c2ccc(-c3nc(-c4ccccc4)nc(-c4cc(-c5ccccc5)cc(-c5cccc6c5Cc5ccccc5-6)c4)n3)cc21. The van der Waals surface area contributed by atoms with E-state index < -0.39 is 0 Å². The van der Waals surface area contributed by atoms with Crippen LogP contribution in [0.15, 0.2) is 164 Å². The molecular formula is C49H35N3. The standard InChI is InChI=1S/C49H35N3/c1-49(2)44-23-12-11-20-41(44)42-25-24-34(30-45(42)49)47-50-46(32-16-7-4-8-17-32)51-48(52-47)37-27-35(31-14-5-3-6-15-31)26-36(28-37)39-21-13-22-40-38-19-10-9-18-33(38)29-43(39)40/h3-28,30H,29H2,1-2H3. The van der Waals surface area contributed by atoms with Gasteiger partial charge in [-0.3, -0.25) is 0 Å². The Hall–Kier alpha value is -6.45. The normalized spacial score (nSPS) is 13.3. The van der Waals surface area contributed by atoms with Crippen LogP contribution in [0.25, 0.3) is 78.7 Å². The first-order chi connectivity index (χ1) is 25.5. The smallest absolute Gasteiger partial charge is 0.164 e. The van der Waals surface area contributed by atoms with Gasteiger partial charge in [-0.15, -0.1) is 0 Å². The van der Waals surface area contributed by atoms with Gasteiger partial charge in [0.05, 0.1) is 0 Å². The second-order valence-electron chi connectivity index (χ2n) is 14.4. The number of aromatic nitrogens is 3. The Labute approximate surface area is 304 Å². The lowest BCUT2D eigenvalue weighted by atomic mass is 9.82. The van der Waals surface area contributed by atoms with Gasteiger partial charge in [0.15, 0.2) is 17.5 Å². The van der Waals surface area contributed by atoms with Crippen molar-refractivity contribution in [3.63, 3.8) is 0 Å². The lowest BCUT2D eigenvalue weighted by molar-refractivity contribution is 0.660. The Morgan fingerprint density at radius 2 is 0.923 bits per heavy atom. The molecule has 0 radical (unpaired) electrons. The first-order valence-electron chi connectivity index (χ1n) is 18.0. The fourth-order valence-electron chi connectivity index (χ4n) is 8.33. The highest BCUT2D eigenvalue weighted by molar-refractivity contribution is 5.88. The molecule has 1 aromatic heterocycles. The van der Waals surface area contributed by atoms with Crippen LogP contribution in [0.4, 0.5) is 0 Å². The molecule has 0 atom stereocenters. The number of nitrogens with zero attached hydrogens (tertiary/aromatic N) is 3. The zero-order chi connectivity index (χ0) is 34.8. The van der Waals surface area contributed by atoms with Crippen molar-refractivity contribution in [1.82, 2.24) is 15.0 Å². The van der Waals surface area contributed by atoms with Gasteiger partial charge in [0, 0.05) is 22.1 Å². The first kappa shape index (κ1) is 30.4. The van der Waals surface area contributed by atoms with Crippen molar-refractivity contribution in [1.29, 1.82) is 0 Å². The summed E-state index contributed by atoms with van der Waals surface area (Å²) in [5, 5.41) is 0. The Kier molecular flexibility index (Phi) is 6.91. The third kappa shape index (κ3) is 4.92. The largest absolute Gasteiger partial charge is 0.208 e. The molecule has 246 valence electrons. The van der Waals surface area contributed by atoms with Crippen LogP contribution in [0.5, 0.6) is 0 Å². The molecule has 0 saturated heterocycles. The Balaban J connectivity index is 1.17. The second-order valence-corrected chi connectivity index (χ2v) is 14.4. The number of hydrogen-bond acceptors (Lipinski definition) is 3. The van der Waals surface area contributed by atoms with Crippen molar-refractivity contribution in [3.8, 4) is 78.7 Å². The molecule has 0 N–H and O–H groups in total. The monoisotopic (exact) mass is 665 g/mol. The average Bonchev–Trinajstić information content (AvgIpc) is 3.70. The third-order valence-corrected chi connectivity index (χ3v) is 11.0. The van der Waals surface area contributed by atoms with Crippen LogP contribution in [0.3, 0.4) is 0 Å². The van der Waals surface area contributed by atoms with Crippen LogP contribution in [0, 0.1) is 0 Å². The van der Waals surface area contributed by atoms with E-state index in [-0.39, 0.29) is 5.41 Å². The zero-order valence-electron chi connectivity index (χ0n) is 29.1. The summed E-state index contributed by atoms with van der Waals surface area (Å²) in [6.45, 7) is 4.62. The summed E-state index contributed by atoms with van der Waals surface area (Å²) in [4.78, 5) is 15.6. The topological polar surface area (TPSA) is 38.7 Å². The quantitative estimate of drug-likeness (QED) is 0.184. The Morgan fingerprint density at radius 1 is 0.365 bits per heavy atom. The van der Waals surface area contributed by atoms with Crippen molar-refractivity contribution in [2.24, 2.45) is 0 Å². The van der Waals surface area contributed by atoms with Gasteiger partial charge in [0.2, 0.25) is 0 Å². The van der Waals surface area contributed by atoms with E-state index in [2.05, 4.69) is 159 Å². The van der Waals surface area contributed by atoms with Crippen LogP contribution in [-0.2, 0) is 11.8 Å². The summed E-state index contributed by atoms with van der Waals surface area (Å²) in [6.07, 6.45) is 0.916. The molecule has 10 rings (SSSR count). The summed E-state index contributed by atoms with van der Waals surface area (Å²) in [5.41, 5.74) is 18.0.